The number of hydrogen-bond donors (Lipinski definition) is 0. The fourth-order valence-corrected chi connectivity index (χ4v) is 2.47. The molecule has 2 heterocycles. The third kappa shape index (κ3) is 4.33. The minimum Gasteiger partial charge on any atom is -0.483 e. The van der Waals surface area contributed by atoms with Gasteiger partial charge < -0.3 is 9.30 Å². The van der Waals surface area contributed by atoms with E-state index in [0.717, 1.165) is 11.6 Å². The molecule has 3 aromatic rings. The van der Waals surface area contributed by atoms with Crippen molar-refractivity contribution in [2.24, 2.45) is 7.05 Å². The van der Waals surface area contributed by atoms with Crippen LogP contribution in [-0.4, -0.2) is 27.1 Å². The second-order valence-corrected chi connectivity index (χ2v) is 5.82. The number of halogens is 3. The van der Waals surface area contributed by atoms with E-state index in [-0.39, 0.29) is 5.75 Å². The molecule has 0 atom stereocenters. The summed E-state index contributed by atoms with van der Waals surface area (Å²) in [5.41, 5.74) is 1.52. The van der Waals surface area contributed by atoms with Gasteiger partial charge in [0, 0.05) is 36.6 Å². The maximum Gasteiger partial charge on any atom is 0.422 e. The maximum atomic E-state index is 12.5. The molecule has 0 spiro atoms. The second-order valence-electron chi connectivity index (χ2n) is 5.82. The van der Waals surface area contributed by atoms with E-state index in [1.54, 1.807) is 10.9 Å². The van der Waals surface area contributed by atoms with Crippen molar-refractivity contribution in [2.75, 3.05) is 6.61 Å². The van der Waals surface area contributed by atoms with Gasteiger partial charge in [0.1, 0.15) is 5.75 Å². The number of aryl methyl sites for hydroxylation is 1. The molecule has 0 fully saturated rings. The van der Waals surface area contributed by atoms with E-state index in [4.69, 9.17) is 4.74 Å². The van der Waals surface area contributed by atoms with E-state index >= 15 is 0 Å². The van der Waals surface area contributed by atoms with Gasteiger partial charge in [-0.15, -0.1) is 0 Å². The van der Waals surface area contributed by atoms with Gasteiger partial charge in [0.25, 0.3) is 5.56 Å². The van der Waals surface area contributed by atoms with Crippen molar-refractivity contribution >= 4 is 0 Å². The lowest BCUT2D eigenvalue weighted by Gasteiger charge is -2.13. The van der Waals surface area contributed by atoms with Gasteiger partial charge in [-0.05, 0) is 5.56 Å². The standard InChI is InChI=1S/C18H16F3N3O2/c1-23-11-15(16(7-17(23)25)26-12-18(19,20)21)14-8-22-24(10-14)9-13-5-3-2-4-6-13/h2-8,10-11H,9,12H2,1H3. The SMILES string of the molecule is Cn1cc(-c2cnn(Cc3ccccc3)c2)c(OCC(F)(F)F)cc1=O. The Morgan fingerprint density at radius 3 is 2.58 bits per heavy atom. The van der Waals surface area contributed by atoms with Crippen LogP contribution < -0.4 is 10.3 Å². The summed E-state index contributed by atoms with van der Waals surface area (Å²) in [5.74, 6) is -0.121. The van der Waals surface area contributed by atoms with Crippen LogP contribution in [0.3, 0.4) is 0 Å². The van der Waals surface area contributed by atoms with Crippen molar-refractivity contribution in [1.29, 1.82) is 0 Å². The van der Waals surface area contributed by atoms with Crippen LogP contribution in [0.15, 0.2) is 59.8 Å². The van der Waals surface area contributed by atoms with Crippen LogP contribution in [0, 0.1) is 0 Å². The van der Waals surface area contributed by atoms with Crippen molar-refractivity contribution in [3.05, 3.63) is 70.9 Å². The second kappa shape index (κ2) is 7.07. The van der Waals surface area contributed by atoms with Gasteiger partial charge in [0.2, 0.25) is 0 Å². The average Bonchev–Trinajstić information content (AvgIpc) is 3.04. The van der Waals surface area contributed by atoms with Crippen molar-refractivity contribution in [3.8, 4) is 16.9 Å². The summed E-state index contributed by atoms with van der Waals surface area (Å²) in [4.78, 5) is 11.8. The first-order chi connectivity index (χ1) is 12.3. The number of alkyl halides is 3. The zero-order valence-corrected chi connectivity index (χ0v) is 13.9. The number of aromatic nitrogens is 3. The largest absolute Gasteiger partial charge is 0.483 e. The van der Waals surface area contributed by atoms with E-state index in [1.807, 2.05) is 30.3 Å². The number of benzene rings is 1. The third-order valence-electron chi connectivity index (χ3n) is 3.71. The van der Waals surface area contributed by atoms with Crippen LogP contribution in [0.4, 0.5) is 13.2 Å². The summed E-state index contributed by atoms with van der Waals surface area (Å²) in [5, 5.41) is 4.24. The zero-order valence-electron chi connectivity index (χ0n) is 13.9. The number of rotatable bonds is 5. The van der Waals surface area contributed by atoms with Gasteiger partial charge in [-0.25, -0.2) is 0 Å². The molecule has 0 N–H and O–H groups in total. The van der Waals surface area contributed by atoms with E-state index in [0.29, 0.717) is 17.7 Å². The third-order valence-corrected chi connectivity index (χ3v) is 3.71. The highest BCUT2D eigenvalue weighted by Crippen LogP contribution is 2.29. The van der Waals surface area contributed by atoms with Crippen molar-refractivity contribution in [1.82, 2.24) is 14.3 Å². The molecular formula is C18H16F3N3O2. The molecule has 26 heavy (non-hydrogen) atoms. The lowest BCUT2D eigenvalue weighted by molar-refractivity contribution is -0.153. The molecule has 0 aliphatic heterocycles. The average molecular weight is 363 g/mol. The highest BCUT2D eigenvalue weighted by molar-refractivity contribution is 5.68. The van der Waals surface area contributed by atoms with Gasteiger partial charge in [-0.2, -0.15) is 18.3 Å². The first-order valence-corrected chi connectivity index (χ1v) is 7.79. The molecule has 0 radical (unpaired) electrons. The summed E-state index contributed by atoms with van der Waals surface area (Å²) in [6.45, 7) is -0.948. The monoisotopic (exact) mass is 363 g/mol. The number of nitrogens with zero attached hydrogens (tertiary/aromatic N) is 3. The molecule has 0 unspecified atom stereocenters. The van der Waals surface area contributed by atoms with Crippen molar-refractivity contribution in [2.45, 2.75) is 12.7 Å². The van der Waals surface area contributed by atoms with Crippen LogP contribution in [0.25, 0.3) is 11.1 Å². The highest BCUT2D eigenvalue weighted by Gasteiger charge is 2.29. The lowest BCUT2D eigenvalue weighted by Crippen LogP contribution is -2.21. The zero-order chi connectivity index (χ0) is 18.7. The first kappa shape index (κ1) is 17.8. The molecule has 136 valence electrons. The maximum absolute atomic E-state index is 12.5. The fraction of sp³-hybridized carbons (Fsp3) is 0.222. The molecule has 8 heteroatoms. The van der Waals surface area contributed by atoms with Gasteiger partial charge >= 0.3 is 6.18 Å². The fourth-order valence-electron chi connectivity index (χ4n) is 2.47. The minimum atomic E-state index is -4.49. The lowest BCUT2D eigenvalue weighted by atomic mass is 10.1. The molecular weight excluding hydrogens is 347 g/mol. The van der Waals surface area contributed by atoms with Crippen LogP contribution in [0.5, 0.6) is 5.75 Å². The number of ether oxygens (including phenoxy) is 1. The molecule has 0 bridgehead atoms. The summed E-state index contributed by atoms with van der Waals surface area (Å²) in [6.07, 6.45) is 0.185. The normalized spacial score (nSPS) is 11.5. The van der Waals surface area contributed by atoms with E-state index in [1.165, 1.54) is 24.0 Å². The molecule has 0 aliphatic rings. The van der Waals surface area contributed by atoms with Gasteiger partial charge in [-0.3, -0.25) is 9.48 Å². The number of hydrogen-bond acceptors (Lipinski definition) is 3. The van der Waals surface area contributed by atoms with Gasteiger partial charge in [-0.1, -0.05) is 30.3 Å². The Morgan fingerprint density at radius 2 is 1.88 bits per heavy atom. The first-order valence-electron chi connectivity index (χ1n) is 7.79. The summed E-state index contributed by atoms with van der Waals surface area (Å²) >= 11 is 0. The molecule has 1 aromatic carbocycles. The summed E-state index contributed by atoms with van der Waals surface area (Å²) in [6, 6.07) is 10.7. The predicted octanol–water partition coefficient (Wildman–Crippen LogP) is 3.24. The predicted molar refractivity (Wildman–Crippen MR) is 90.0 cm³/mol. The molecule has 0 aliphatic carbocycles. The quantitative estimate of drug-likeness (QED) is 0.699. The van der Waals surface area contributed by atoms with Crippen LogP contribution in [-0.2, 0) is 13.6 Å². The Hall–Kier alpha value is -3.03. The minimum absolute atomic E-state index is 0.121. The Labute approximate surface area is 147 Å². The highest BCUT2D eigenvalue weighted by atomic mass is 19.4. The molecule has 2 aromatic heterocycles. The van der Waals surface area contributed by atoms with Crippen molar-refractivity contribution in [3.63, 3.8) is 0 Å². The molecule has 5 nitrogen and oxygen atoms in total. The Kier molecular flexibility index (Phi) is 4.83. The molecule has 3 rings (SSSR count). The van der Waals surface area contributed by atoms with Crippen LogP contribution >= 0.6 is 0 Å². The summed E-state index contributed by atoms with van der Waals surface area (Å²) < 4.78 is 45.2. The van der Waals surface area contributed by atoms with Crippen LogP contribution in [0.2, 0.25) is 0 Å². The van der Waals surface area contributed by atoms with Gasteiger partial charge in [0.05, 0.1) is 12.7 Å². The molecule has 0 amide bonds. The van der Waals surface area contributed by atoms with E-state index in [2.05, 4.69) is 5.10 Å². The Balaban J connectivity index is 1.90. The molecule has 0 saturated carbocycles. The van der Waals surface area contributed by atoms with Crippen LogP contribution in [0.1, 0.15) is 5.56 Å². The number of pyridine rings is 1. The Bertz CT molecular complexity index is 946. The van der Waals surface area contributed by atoms with Gasteiger partial charge in [0.15, 0.2) is 6.61 Å². The summed E-state index contributed by atoms with van der Waals surface area (Å²) in [7, 11) is 1.52. The topological polar surface area (TPSA) is 49.0 Å². The Morgan fingerprint density at radius 1 is 1.15 bits per heavy atom. The van der Waals surface area contributed by atoms with E-state index in [9.17, 15) is 18.0 Å². The smallest absolute Gasteiger partial charge is 0.422 e. The van der Waals surface area contributed by atoms with E-state index < -0.39 is 18.3 Å². The molecule has 0 saturated heterocycles. The van der Waals surface area contributed by atoms with Crippen molar-refractivity contribution < 1.29 is 17.9 Å².